The lowest BCUT2D eigenvalue weighted by atomic mass is 9.86. The van der Waals surface area contributed by atoms with E-state index in [1.54, 1.807) is 11.3 Å². The third-order valence-electron chi connectivity index (χ3n) is 4.90. The van der Waals surface area contributed by atoms with Crippen LogP contribution in [0.25, 0.3) is 32.5 Å². The van der Waals surface area contributed by atoms with Crippen molar-refractivity contribution in [2.75, 3.05) is 13.2 Å². The fourth-order valence-corrected chi connectivity index (χ4v) is 4.32. The Morgan fingerprint density at radius 1 is 1.12 bits per heavy atom. The lowest BCUT2D eigenvalue weighted by Gasteiger charge is -2.32. The minimum atomic E-state index is -0.787. The van der Waals surface area contributed by atoms with Crippen LogP contribution >= 0.6 is 11.3 Å². The van der Waals surface area contributed by atoms with Crippen molar-refractivity contribution in [3.63, 3.8) is 0 Å². The summed E-state index contributed by atoms with van der Waals surface area (Å²) in [5, 5.41) is 21.6. The summed E-state index contributed by atoms with van der Waals surface area (Å²) in [6.07, 6.45) is 1.28. The number of nitrogens with one attached hydrogen (secondary N) is 2. The van der Waals surface area contributed by atoms with Crippen LogP contribution in [0.5, 0.6) is 0 Å². The summed E-state index contributed by atoms with van der Waals surface area (Å²) >= 11 is 1.68. The number of ether oxygens (including phenoxy) is 1. The molecule has 0 bridgehead atoms. The highest BCUT2D eigenvalue weighted by Gasteiger charge is 2.32. The molecule has 1 aliphatic heterocycles. The SMILES string of the molecule is OC1(c2ccc3cc(-c4n[nH]c5ccsc45)[nH]c3c2)CCOCC1. The van der Waals surface area contributed by atoms with E-state index in [0.717, 1.165) is 38.1 Å². The number of benzene rings is 1. The topological polar surface area (TPSA) is 73.9 Å². The van der Waals surface area contributed by atoms with Gasteiger partial charge < -0.3 is 14.8 Å². The smallest absolute Gasteiger partial charge is 0.126 e. The van der Waals surface area contributed by atoms with E-state index < -0.39 is 5.60 Å². The van der Waals surface area contributed by atoms with Gasteiger partial charge in [-0.25, -0.2) is 0 Å². The van der Waals surface area contributed by atoms with Gasteiger partial charge in [-0.05, 0) is 29.1 Å². The Morgan fingerprint density at radius 2 is 2.00 bits per heavy atom. The van der Waals surface area contributed by atoms with E-state index in [2.05, 4.69) is 38.8 Å². The molecule has 0 radical (unpaired) electrons. The van der Waals surface area contributed by atoms with E-state index in [-0.39, 0.29) is 0 Å². The van der Waals surface area contributed by atoms with Crippen LogP contribution in [0.1, 0.15) is 18.4 Å². The predicted octanol–water partition coefficient (Wildman–Crippen LogP) is 3.77. The molecule has 4 heterocycles. The van der Waals surface area contributed by atoms with Crippen LogP contribution in [0.2, 0.25) is 0 Å². The summed E-state index contributed by atoms with van der Waals surface area (Å²) in [5.41, 5.74) is 4.19. The van der Waals surface area contributed by atoms with Gasteiger partial charge in [0.25, 0.3) is 0 Å². The van der Waals surface area contributed by atoms with Crippen LogP contribution in [0.4, 0.5) is 0 Å². The van der Waals surface area contributed by atoms with Gasteiger partial charge in [-0.2, -0.15) is 5.10 Å². The van der Waals surface area contributed by atoms with E-state index in [9.17, 15) is 5.11 Å². The molecule has 1 saturated heterocycles. The first-order valence-corrected chi connectivity index (χ1v) is 8.96. The summed E-state index contributed by atoms with van der Waals surface area (Å²) in [6.45, 7) is 1.21. The molecule has 1 aromatic carbocycles. The van der Waals surface area contributed by atoms with Gasteiger partial charge in [-0.15, -0.1) is 11.3 Å². The molecule has 3 N–H and O–H groups in total. The van der Waals surface area contributed by atoms with Crippen LogP contribution < -0.4 is 0 Å². The van der Waals surface area contributed by atoms with Gasteiger partial charge in [0.1, 0.15) is 5.69 Å². The fraction of sp³-hybridized carbons (Fsp3) is 0.278. The Labute approximate surface area is 142 Å². The Bertz CT molecular complexity index is 1020. The molecule has 6 heteroatoms. The van der Waals surface area contributed by atoms with E-state index in [4.69, 9.17) is 4.74 Å². The quantitative estimate of drug-likeness (QED) is 0.520. The van der Waals surface area contributed by atoms with Crippen LogP contribution in [-0.4, -0.2) is 33.5 Å². The molecule has 0 spiro atoms. The van der Waals surface area contributed by atoms with Gasteiger partial charge in [0, 0.05) is 37.0 Å². The maximum absolute atomic E-state index is 10.9. The third-order valence-corrected chi connectivity index (χ3v) is 5.82. The second-order valence-electron chi connectivity index (χ2n) is 6.36. The van der Waals surface area contributed by atoms with Gasteiger partial charge >= 0.3 is 0 Å². The van der Waals surface area contributed by atoms with Gasteiger partial charge in [0.15, 0.2) is 0 Å². The average Bonchev–Trinajstić information content (AvgIpc) is 3.29. The number of aliphatic hydroxyl groups is 1. The largest absolute Gasteiger partial charge is 0.385 e. The number of thiophene rings is 1. The van der Waals surface area contributed by atoms with Crippen molar-refractivity contribution in [1.29, 1.82) is 0 Å². The van der Waals surface area contributed by atoms with Crippen molar-refractivity contribution in [1.82, 2.24) is 15.2 Å². The molecular weight excluding hydrogens is 322 g/mol. The summed E-state index contributed by atoms with van der Waals surface area (Å²) in [5.74, 6) is 0. The number of aromatic nitrogens is 3. The molecule has 5 rings (SSSR count). The molecule has 0 amide bonds. The van der Waals surface area contributed by atoms with Crippen LogP contribution in [0.15, 0.2) is 35.7 Å². The standard InChI is InChI=1S/C18H17N3O2S/c22-18(4-6-23-7-5-18)12-2-1-11-9-15(19-14(11)10-12)16-17-13(20-21-16)3-8-24-17/h1-3,8-10,19,22H,4-7H2,(H,20,21). The molecule has 0 aliphatic carbocycles. The first-order chi connectivity index (χ1) is 11.7. The number of H-pyrrole nitrogens is 2. The van der Waals surface area contributed by atoms with E-state index in [1.807, 2.05) is 12.1 Å². The molecule has 1 aliphatic rings. The van der Waals surface area contributed by atoms with Crippen molar-refractivity contribution in [2.24, 2.45) is 0 Å². The molecule has 5 nitrogen and oxygen atoms in total. The Morgan fingerprint density at radius 3 is 2.88 bits per heavy atom. The van der Waals surface area contributed by atoms with E-state index >= 15 is 0 Å². The minimum absolute atomic E-state index is 0.605. The molecule has 1 fully saturated rings. The molecule has 0 unspecified atom stereocenters. The molecule has 3 aromatic heterocycles. The van der Waals surface area contributed by atoms with Gasteiger partial charge in [0.05, 0.1) is 21.5 Å². The average molecular weight is 339 g/mol. The Kier molecular flexibility index (Phi) is 3.06. The summed E-state index contributed by atoms with van der Waals surface area (Å²) < 4.78 is 6.54. The van der Waals surface area contributed by atoms with Crippen molar-refractivity contribution in [3.05, 3.63) is 41.3 Å². The zero-order chi connectivity index (χ0) is 16.1. The van der Waals surface area contributed by atoms with Gasteiger partial charge in [-0.3, -0.25) is 5.10 Å². The fourth-order valence-electron chi connectivity index (χ4n) is 3.47. The first kappa shape index (κ1) is 14.2. The molecule has 24 heavy (non-hydrogen) atoms. The number of aromatic amines is 2. The molecule has 0 atom stereocenters. The van der Waals surface area contributed by atoms with Crippen molar-refractivity contribution >= 4 is 32.5 Å². The zero-order valence-electron chi connectivity index (χ0n) is 13.0. The molecule has 0 saturated carbocycles. The molecule has 4 aromatic rings. The molecule has 122 valence electrons. The number of hydrogen-bond donors (Lipinski definition) is 3. The van der Waals surface area contributed by atoms with Crippen LogP contribution in [-0.2, 0) is 10.3 Å². The third kappa shape index (κ3) is 2.11. The first-order valence-electron chi connectivity index (χ1n) is 8.08. The van der Waals surface area contributed by atoms with Crippen LogP contribution in [0.3, 0.4) is 0 Å². The van der Waals surface area contributed by atoms with Crippen molar-refractivity contribution in [3.8, 4) is 11.4 Å². The Balaban J connectivity index is 1.60. The number of nitrogens with zero attached hydrogens (tertiary/aromatic N) is 1. The van der Waals surface area contributed by atoms with Crippen molar-refractivity contribution in [2.45, 2.75) is 18.4 Å². The zero-order valence-corrected chi connectivity index (χ0v) is 13.8. The summed E-state index contributed by atoms with van der Waals surface area (Å²) in [4.78, 5) is 3.46. The second kappa shape index (κ2) is 5.17. The van der Waals surface area contributed by atoms with Crippen molar-refractivity contribution < 1.29 is 9.84 Å². The maximum atomic E-state index is 10.9. The molecular formula is C18H17N3O2S. The summed E-state index contributed by atoms with van der Waals surface area (Å²) in [7, 11) is 0. The number of rotatable bonds is 2. The highest BCUT2D eigenvalue weighted by Crippen LogP contribution is 2.35. The summed E-state index contributed by atoms with van der Waals surface area (Å²) in [6, 6.07) is 10.3. The van der Waals surface area contributed by atoms with Gasteiger partial charge in [0.2, 0.25) is 0 Å². The second-order valence-corrected chi connectivity index (χ2v) is 7.28. The highest BCUT2D eigenvalue weighted by molar-refractivity contribution is 7.17. The highest BCUT2D eigenvalue weighted by atomic mass is 32.1. The predicted molar refractivity (Wildman–Crippen MR) is 95.2 cm³/mol. The van der Waals surface area contributed by atoms with E-state index in [1.165, 1.54) is 0 Å². The number of hydrogen-bond acceptors (Lipinski definition) is 4. The Hall–Kier alpha value is -2.15. The van der Waals surface area contributed by atoms with Gasteiger partial charge in [-0.1, -0.05) is 12.1 Å². The lowest BCUT2D eigenvalue weighted by molar-refractivity contribution is -0.0678. The van der Waals surface area contributed by atoms with Crippen LogP contribution in [0, 0.1) is 0 Å². The number of fused-ring (bicyclic) bond motifs is 2. The maximum Gasteiger partial charge on any atom is 0.126 e. The minimum Gasteiger partial charge on any atom is -0.385 e. The lowest BCUT2D eigenvalue weighted by Crippen LogP contribution is -2.33. The van der Waals surface area contributed by atoms with E-state index in [0.29, 0.717) is 26.1 Å². The monoisotopic (exact) mass is 339 g/mol. The normalized spacial score (nSPS) is 17.7.